The Kier molecular flexibility index (Phi) is 4.97. The summed E-state index contributed by atoms with van der Waals surface area (Å²) in [5, 5.41) is 4.77. The molecule has 3 aromatic rings. The van der Waals surface area contributed by atoms with Crippen LogP contribution in [-0.2, 0) is 4.74 Å². The van der Waals surface area contributed by atoms with Crippen LogP contribution in [0.5, 0.6) is 5.88 Å². The van der Waals surface area contributed by atoms with Crippen molar-refractivity contribution in [1.29, 1.82) is 0 Å². The van der Waals surface area contributed by atoms with Crippen LogP contribution in [0.3, 0.4) is 0 Å². The number of hydrogen-bond acceptors (Lipinski definition) is 7. The number of nitrogens with zero attached hydrogens (tertiary/aromatic N) is 6. The lowest BCUT2D eigenvalue weighted by molar-refractivity contribution is 0.0196. The minimum Gasteiger partial charge on any atom is -0.481 e. The maximum atomic E-state index is 12.3. The molecule has 4 heterocycles. The van der Waals surface area contributed by atoms with Gasteiger partial charge in [-0.25, -0.2) is 19.3 Å². The third-order valence-corrected chi connectivity index (χ3v) is 5.00. The molecule has 9 heteroatoms. The molecule has 0 radical (unpaired) electrons. The molecule has 0 aromatic carbocycles. The van der Waals surface area contributed by atoms with E-state index in [0.29, 0.717) is 19.0 Å². The number of carbonyl (C=O) groups is 1. The van der Waals surface area contributed by atoms with Crippen molar-refractivity contribution in [1.82, 2.24) is 24.5 Å². The van der Waals surface area contributed by atoms with Crippen molar-refractivity contribution in [3.8, 4) is 17.1 Å². The quantitative estimate of drug-likeness (QED) is 0.654. The Morgan fingerprint density at radius 1 is 1.20 bits per heavy atom. The number of hydrogen-bond donors (Lipinski definition) is 0. The molecule has 1 aliphatic rings. The second-order valence-corrected chi connectivity index (χ2v) is 8.32. The van der Waals surface area contributed by atoms with Gasteiger partial charge >= 0.3 is 6.09 Å². The summed E-state index contributed by atoms with van der Waals surface area (Å²) in [6.07, 6.45) is 3.14. The molecule has 1 fully saturated rings. The molecule has 0 saturated carbocycles. The van der Waals surface area contributed by atoms with Gasteiger partial charge in [-0.1, -0.05) is 0 Å². The molecule has 1 saturated heterocycles. The normalized spacial score (nSPS) is 14.5. The van der Waals surface area contributed by atoms with E-state index in [1.165, 1.54) is 0 Å². The van der Waals surface area contributed by atoms with Gasteiger partial charge in [0.1, 0.15) is 11.4 Å². The van der Waals surface area contributed by atoms with Crippen LogP contribution in [0.4, 0.5) is 10.6 Å². The van der Waals surface area contributed by atoms with Gasteiger partial charge in [-0.3, -0.25) is 0 Å². The zero-order chi connectivity index (χ0) is 21.5. The van der Waals surface area contributed by atoms with Crippen LogP contribution >= 0.6 is 0 Å². The van der Waals surface area contributed by atoms with E-state index in [1.54, 1.807) is 36.0 Å². The summed E-state index contributed by atoms with van der Waals surface area (Å²) in [5.41, 5.74) is 1.86. The van der Waals surface area contributed by atoms with Crippen molar-refractivity contribution in [3.63, 3.8) is 0 Å². The molecule has 0 atom stereocenters. The van der Waals surface area contributed by atoms with Crippen molar-refractivity contribution in [2.45, 2.75) is 32.4 Å². The fraction of sp³-hybridized carbons (Fsp3) is 0.429. The molecule has 0 aliphatic carbocycles. The number of aromatic nitrogens is 4. The molecule has 158 valence electrons. The molecule has 3 aromatic heterocycles. The Labute approximate surface area is 175 Å². The van der Waals surface area contributed by atoms with Gasteiger partial charge in [-0.2, -0.15) is 0 Å². The SMILES string of the molecule is COc1ncccc1-c1cnc2ccc(N3CC(N(C)C(=O)OC(C)(C)C)C3)nn12. The monoisotopic (exact) mass is 410 g/mol. The highest BCUT2D eigenvalue weighted by atomic mass is 16.6. The van der Waals surface area contributed by atoms with Crippen LogP contribution in [0.2, 0.25) is 0 Å². The zero-order valence-electron chi connectivity index (χ0n) is 17.9. The summed E-state index contributed by atoms with van der Waals surface area (Å²) in [6, 6.07) is 7.74. The van der Waals surface area contributed by atoms with E-state index in [-0.39, 0.29) is 12.1 Å². The third kappa shape index (κ3) is 3.74. The van der Waals surface area contributed by atoms with E-state index in [2.05, 4.69) is 14.9 Å². The number of fused-ring (bicyclic) bond motifs is 1. The van der Waals surface area contributed by atoms with E-state index < -0.39 is 5.60 Å². The average Bonchev–Trinajstić information content (AvgIpc) is 3.08. The molecule has 30 heavy (non-hydrogen) atoms. The minimum absolute atomic E-state index is 0.0815. The van der Waals surface area contributed by atoms with Crippen LogP contribution in [-0.4, -0.2) is 69.5 Å². The lowest BCUT2D eigenvalue weighted by Gasteiger charge is -2.44. The maximum Gasteiger partial charge on any atom is 0.410 e. The van der Waals surface area contributed by atoms with Gasteiger partial charge in [0.05, 0.1) is 30.6 Å². The van der Waals surface area contributed by atoms with Gasteiger partial charge in [0, 0.05) is 26.3 Å². The summed E-state index contributed by atoms with van der Waals surface area (Å²) in [6.45, 7) is 6.98. The number of pyridine rings is 1. The van der Waals surface area contributed by atoms with Gasteiger partial charge in [-0.05, 0) is 45.0 Å². The van der Waals surface area contributed by atoms with E-state index in [0.717, 1.165) is 22.7 Å². The molecule has 0 spiro atoms. The molecule has 0 unspecified atom stereocenters. The van der Waals surface area contributed by atoms with Crippen LogP contribution in [0.15, 0.2) is 36.7 Å². The number of amides is 1. The molecular weight excluding hydrogens is 384 g/mol. The van der Waals surface area contributed by atoms with Gasteiger partial charge in [0.15, 0.2) is 5.65 Å². The smallest absolute Gasteiger partial charge is 0.410 e. The Balaban J connectivity index is 1.52. The van der Waals surface area contributed by atoms with Crippen molar-refractivity contribution in [2.24, 2.45) is 0 Å². The number of likely N-dealkylation sites (N-methyl/N-ethyl adjacent to an activating group) is 1. The Morgan fingerprint density at radius 2 is 1.97 bits per heavy atom. The molecular formula is C21H26N6O3. The predicted molar refractivity (Wildman–Crippen MR) is 113 cm³/mol. The highest BCUT2D eigenvalue weighted by molar-refractivity contribution is 5.69. The molecule has 4 rings (SSSR count). The lowest BCUT2D eigenvalue weighted by Crippen LogP contribution is -2.60. The van der Waals surface area contributed by atoms with Crippen molar-refractivity contribution in [3.05, 3.63) is 36.7 Å². The van der Waals surface area contributed by atoms with Crippen LogP contribution in [0, 0.1) is 0 Å². The molecule has 1 aliphatic heterocycles. The number of carbonyl (C=O) groups excluding carboxylic acids is 1. The first kappa shape index (κ1) is 19.9. The number of rotatable bonds is 4. The molecule has 0 bridgehead atoms. The van der Waals surface area contributed by atoms with Crippen molar-refractivity contribution in [2.75, 3.05) is 32.1 Å². The van der Waals surface area contributed by atoms with Gasteiger partial charge in [-0.15, -0.1) is 5.10 Å². The summed E-state index contributed by atoms with van der Waals surface area (Å²) in [5.74, 6) is 1.34. The average molecular weight is 410 g/mol. The van der Waals surface area contributed by atoms with Crippen LogP contribution < -0.4 is 9.64 Å². The van der Waals surface area contributed by atoms with E-state index >= 15 is 0 Å². The van der Waals surface area contributed by atoms with Gasteiger partial charge < -0.3 is 19.3 Å². The van der Waals surface area contributed by atoms with Gasteiger partial charge in [0.2, 0.25) is 5.88 Å². The first-order valence-electron chi connectivity index (χ1n) is 9.82. The fourth-order valence-corrected chi connectivity index (χ4v) is 3.33. The van der Waals surface area contributed by atoms with Crippen LogP contribution in [0.25, 0.3) is 16.9 Å². The highest BCUT2D eigenvalue weighted by Crippen LogP contribution is 2.29. The molecule has 0 N–H and O–H groups in total. The summed E-state index contributed by atoms with van der Waals surface area (Å²) < 4.78 is 12.6. The Hall–Kier alpha value is -3.36. The summed E-state index contributed by atoms with van der Waals surface area (Å²) in [4.78, 5) is 24.8. The number of anilines is 1. The molecule has 1 amide bonds. The zero-order valence-corrected chi connectivity index (χ0v) is 17.9. The predicted octanol–water partition coefficient (Wildman–Crippen LogP) is 2.86. The molecule has 9 nitrogen and oxygen atoms in total. The minimum atomic E-state index is -0.507. The summed E-state index contributed by atoms with van der Waals surface area (Å²) in [7, 11) is 3.37. The first-order valence-corrected chi connectivity index (χ1v) is 9.82. The second kappa shape index (κ2) is 7.47. The lowest BCUT2D eigenvalue weighted by atomic mass is 10.1. The summed E-state index contributed by atoms with van der Waals surface area (Å²) >= 11 is 0. The van der Waals surface area contributed by atoms with Crippen molar-refractivity contribution < 1.29 is 14.3 Å². The number of ether oxygens (including phenoxy) is 2. The maximum absolute atomic E-state index is 12.3. The fourth-order valence-electron chi connectivity index (χ4n) is 3.33. The third-order valence-electron chi connectivity index (χ3n) is 5.00. The van der Waals surface area contributed by atoms with Crippen LogP contribution in [0.1, 0.15) is 20.8 Å². The number of methoxy groups -OCH3 is 1. The Bertz CT molecular complexity index is 1070. The second-order valence-electron chi connectivity index (χ2n) is 8.32. The topological polar surface area (TPSA) is 85.1 Å². The largest absolute Gasteiger partial charge is 0.481 e. The number of imidazole rings is 1. The first-order chi connectivity index (χ1) is 14.3. The van der Waals surface area contributed by atoms with E-state index in [9.17, 15) is 4.79 Å². The standard InChI is InChI=1S/C21H26N6O3/c1-21(2,3)30-20(28)25(4)14-12-26(13-14)18-9-8-17-23-11-16(27(17)24-18)15-7-6-10-22-19(15)29-5/h6-11,14H,12-13H2,1-5H3. The highest BCUT2D eigenvalue weighted by Gasteiger charge is 2.35. The van der Waals surface area contributed by atoms with Gasteiger partial charge in [0.25, 0.3) is 0 Å². The van der Waals surface area contributed by atoms with E-state index in [1.807, 2.05) is 45.0 Å². The Morgan fingerprint density at radius 3 is 2.67 bits per heavy atom. The van der Waals surface area contributed by atoms with Crippen molar-refractivity contribution >= 4 is 17.6 Å². The van der Waals surface area contributed by atoms with E-state index in [4.69, 9.17) is 14.6 Å².